The number of unbranched alkanes of at least 4 members (excludes halogenated alkanes) is 3. The highest BCUT2D eigenvalue weighted by molar-refractivity contribution is 7.45. The maximum absolute atomic E-state index is 3.89. The molecule has 0 aliphatic carbocycles. The van der Waals surface area contributed by atoms with E-state index in [1.54, 1.807) is 0 Å². The molecule has 0 unspecified atom stereocenters. The van der Waals surface area contributed by atoms with Crippen molar-refractivity contribution in [3.63, 3.8) is 0 Å². The number of rotatable bonds is 9. The summed E-state index contributed by atoms with van der Waals surface area (Å²) < 4.78 is 9.54. The van der Waals surface area contributed by atoms with Crippen LogP contribution in [0.15, 0.2) is 84.9 Å². The molecule has 8 aromatic rings. The SMILES string of the molecule is CCCCCCNn1c2c3cc(-c4ccccc4)sc3sc2c2sc3cc(-c4ccc(-c5ccccc5)s4)sc3c21. The van der Waals surface area contributed by atoms with Crippen LogP contribution in [0.5, 0.6) is 0 Å². The molecule has 0 saturated carbocycles. The van der Waals surface area contributed by atoms with Crippen LogP contribution in [0.25, 0.3) is 69.9 Å². The van der Waals surface area contributed by atoms with E-state index in [0.29, 0.717) is 0 Å². The maximum atomic E-state index is 3.89. The summed E-state index contributed by atoms with van der Waals surface area (Å²) in [5.74, 6) is 0. The van der Waals surface area contributed by atoms with Gasteiger partial charge < -0.3 is 5.43 Å². The Morgan fingerprint density at radius 2 is 1.32 bits per heavy atom. The van der Waals surface area contributed by atoms with Gasteiger partial charge in [0.1, 0.15) is 5.52 Å². The van der Waals surface area contributed by atoms with Crippen molar-refractivity contribution >= 4 is 95.9 Å². The molecule has 0 aliphatic rings. The zero-order valence-corrected chi connectivity index (χ0v) is 26.7. The molecule has 2 aromatic carbocycles. The van der Waals surface area contributed by atoms with Crippen LogP contribution in [-0.4, -0.2) is 11.2 Å². The van der Waals surface area contributed by atoms with E-state index in [1.807, 2.05) is 56.7 Å². The third-order valence-corrected chi connectivity index (χ3v) is 14.0. The molecule has 204 valence electrons. The summed E-state index contributed by atoms with van der Waals surface area (Å²) in [6.07, 6.45) is 5.03. The molecule has 0 bridgehead atoms. The molecule has 1 N–H and O–H groups in total. The summed E-state index contributed by atoms with van der Waals surface area (Å²) in [6, 6.07) is 30.9. The van der Waals surface area contributed by atoms with E-state index in [4.69, 9.17) is 0 Å². The molecule has 6 aromatic heterocycles. The predicted molar refractivity (Wildman–Crippen MR) is 189 cm³/mol. The third kappa shape index (κ3) is 4.46. The monoisotopic (exact) mass is 624 g/mol. The van der Waals surface area contributed by atoms with Gasteiger partial charge in [-0.2, -0.15) is 0 Å². The van der Waals surface area contributed by atoms with Crippen molar-refractivity contribution in [3.8, 4) is 30.6 Å². The summed E-state index contributed by atoms with van der Waals surface area (Å²) in [5.41, 5.74) is 9.22. The lowest BCUT2D eigenvalue weighted by molar-refractivity contribution is 0.668. The fraction of sp³-hybridized carbons (Fsp3) is 0.176. The Hall–Kier alpha value is -2.94. The first-order chi connectivity index (χ1) is 20.3. The fourth-order valence-electron chi connectivity index (χ4n) is 5.59. The highest BCUT2D eigenvalue weighted by Crippen LogP contribution is 2.52. The molecule has 8 rings (SSSR count). The molecule has 41 heavy (non-hydrogen) atoms. The van der Waals surface area contributed by atoms with Gasteiger partial charge in [-0.25, -0.2) is 0 Å². The highest BCUT2D eigenvalue weighted by atomic mass is 32.2. The lowest BCUT2D eigenvalue weighted by Crippen LogP contribution is -2.15. The Kier molecular flexibility index (Phi) is 6.73. The van der Waals surface area contributed by atoms with Crippen molar-refractivity contribution in [2.24, 2.45) is 0 Å². The van der Waals surface area contributed by atoms with Gasteiger partial charge in [0, 0.05) is 36.1 Å². The summed E-state index contributed by atoms with van der Waals surface area (Å²) >= 11 is 9.71. The van der Waals surface area contributed by atoms with Crippen LogP contribution in [0.2, 0.25) is 0 Å². The highest BCUT2D eigenvalue weighted by Gasteiger charge is 2.24. The van der Waals surface area contributed by atoms with Crippen LogP contribution in [0.3, 0.4) is 0 Å². The van der Waals surface area contributed by atoms with Crippen LogP contribution >= 0.6 is 56.7 Å². The molecule has 7 heteroatoms. The number of nitrogens with one attached hydrogen (secondary N) is 1. The van der Waals surface area contributed by atoms with Crippen LogP contribution in [0.4, 0.5) is 0 Å². The van der Waals surface area contributed by atoms with Crippen molar-refractivity contribution in [2.75, 3.05) is 12.0 Å². The van der Waals surface area contributed by atoms with E-state index >= 15 is 0 Å². The number of benzene rings is 2. The Morgan fingerprint density at radius 1 is 0.585 bits per heavy atom. The fourth-order valence-corrected chi connectivity index (χ4v) is 12.0. The number of thiophene rings is 5. The lowest BCUT2D eigenvalue weighted by atomic mass is 10.2. The minimum atomic E-state index is 0.993. The Bertz CT molecular complexity index is 2110. The molecule has 0 amide bonds. The van der Waals surface area contributed by atoms with E-state index in [1.165, 1.54) is 95.6 Å². The van der Waals surface area contributed by atoms with Crippen LogP contribution < -0.4 is 5.43 Å². The van der Waals surface area contributed by atoms with Gasteiger partial charge in [-0.05, 0) is 41.8 Å². The molecular formula is C34H28N2S5. The second-order valence-corrected chi connectivity index (χ2v) is 15.9. The number of fused-ring (bicyclic) bond motifs is 7. The van der Waals surface area contributed by atoms with Crippen molar-refractivity contribution in [1.82, 2.24) is 4.68 Å². The summed E-state index contributed by atoms with van der Waals surface area (Å²) in [4.78, 5) is 5.40. The molecule has 6 heterocycles. The molecule has 0 aliphatic heterocycles. The van der Waals surface area contributed by atoms with Crippen LogP contribution in [0.1, 0.15) is 32.6 Å². The van der Waals surface area contributed by atoms with Gasteiger partial charge in [0.2, 0.25) is 0 Å². The number of nitrogens with zero attached hydrogens (tertiary/aromatic N) is 1. The average molecular weight is 625 g/mol. The van der Waals surface area contributed by atoms with Gasteiger partial charge in [-0.3, -0.25) is 4.68 Å². The Morgan fingerprint density at radius 3 is 2.10 bits per heavy atom. The maximum Gasteiger partial charge on any atom is 0.100 e. The quantitative estimate of drug-likeness (QED) is 0.158. The van der Waals surface area contributed by atoms with E-state index < -0.39 is 0 Å². The topological polar surface area (TPSA) is 17.0 Å². The lowest BCUT2D eigenvalue weighted by Gasteiger charge is -2.10. The Balaban J connectivity index is 1.26. The van der Waals surface area contributed by atoms with E-state index in [2.05, 4.69) is 102 Å². The second-order valence-electron chi connectivity index (χ2n) is 10.4. The van der Waals surface area contributed by atoms with Gasteiger partial charge in [0.15, 0.2) is 0 Å². The van der Waals surface area contributed by atoms with Gasteiger partial charge in [-0.1, -0.05) is 86.8 Å². The smallest absolute Gasteiger partial charge is 0.100 e. The summed E-state index contributed by atoms with van der Waals surface area (Å²) in [7, 11) is 0. The van der Waals surface area contributed by atoms with Gasteiger partial charge >= 0.3 is 0 Å². The van der Waals surface area contributed by atoms with Gasteiger partial charge in [0.25, 0.3) is 0 Å². The van der Waals surface area contributed by atoms with Crippen molar-refractivity contribution in [1.29, 1.82) is 0 Å². The second kappa shape index (κ2) is 10.7. The number of hydrogen-bond acceptors (Lipinski definition) is 6. The van der Waals surface area contributed by atoms with Crippen molar-refractivity contribution in [2.45, 2.75) is 32.6 Å². The van der Waals surface area contributed by atoms with Crippen molar-refractivity contribution in [3.05, 3.63) is 84.9 Å². The largest absolute Gasteiger partial charge is 0.325 e. The summed E-state index contributed by atoms with van der Waals surface area (Å²) in [6.45, 7) is 3.27. The first-order valence-corrected chi connectivity index (χ1v) is 18.2. The zero-order chi connectivity index (χ0) is 27.3. The van der Waals surface area contributed by atoms with Gasteiger partial charge in [-0.15, -0.1) is 56.7 Å². The Labute approximate surface area is 259 Å². The standard InChI is InChI=1S/C34H28N2S5/c1-2-3-4-11-18-35-36-29-23-19-26(22-14-9-6-10-15-22)40-34(23)41-32(29)33-30(36)31-28(39-33)20-27(38-31)25-17-16-24(37-25)21-12-7-5-8-13-21/h5-10,12-17,19-20,35H,2-4,11,18H2,1H3. The molecule has 0 spiro atoms. The van der Waals surface area contributed by atoms with Crippen molar-refractivity contribution < 1.29 is 0 Å². The minimum Gasteiger partial charge on any atom is -0.325 e. The number of aromatic nitrogens is 1. The molecule has 2 nitrogen and oxygen atoms in total. The van der Waals surface area contributed by atoms with E-state index in [0.717, 1.165) is 6.54 Å². The van der Waals surface area contributed by atoms with Gasteiger partial charge in [0.05, 0.1) is 23.6 Å². The molecule has 0 atom stereocenters. The van der Waals surface area contributed by atoms with Crippen LogP contribution in [0, 0.1) is 0 Å². The molecule has 0 fully saturated rings. The third-order valence-electron chi connectivity index (χ3n) is 7.62. The zero-order valence-electron chi connectivity index (χ0n) is 22.6. The normalized spacial score (nSPS) is 12.0. The minimum absolute atomic E-state index is 0.993. The van der Waals surface area contributed by atoms with E-state index in [9.17, 15) is 0 Å². The number of hydrogen-bond donors (Lipinski definition) is 1. The molecule has 0 saturated heterocycles. The first-order valence-electron chi connectivity index (χ1n) is 14.2. The van der Waals surface area contributed by atoms with Crippen LogP contribution in [-0.2, 0) is 0 Å². The predicted octanol–water partition coefficient (Wildman–Crippen LogP) is 12.5. The first kappa shape index (κ1) is 25.7. The van der Waals surface area contributed by atoms with E-state index in [-0.39, 0.29) is 0 Å². The molecule has 0 radical (unpaired) electrons. The summed E-state index contributed by atoms with van der Waals surface area (Å²) in [5, 5.41) is 1.38. The molecular weight excluding hydrogens is 597 g/mol. The average Bonchev–Trinajstić information content (AvgIpc) is 3.83.